The Morgan fingerprint density at radius 1 is 0.938 bits per heavy atom. The Bertz CT molecular complexity index is 400. The lowest BCUT2D eigenvalue weighted by Gasteiger charge is -2.21. The van der Waals surface area contributed by atoms with Crippen molar-refractivity contribution in [1.29, 1.82) is 0 Å². The van der Waals surface area contributed by atoms with E-state index in [1.54, 1.807) is 11.3 Å². The minimum atomic E-state index is 1.15. The first-order valence-corrected chi connectivity index (χ1v) is 6.44. The summed E-state index contributed by atoms with van der Waals surface area (Å²) >= 11 is 0. The van der Waals surface area contributed by atoms with Crippen LogP contribution in [0.15, 0.2) is 36.0 Å². The molecule has 2 aliphatic rings. The van der Waals surface area contributed by atoms with Crippen molar-refractivity contribution < 1.29 is 0 Å². The van der Waals surface area contributed by atoms with Gasteiger partial charge in [0.1, 0.15) is 0 Å². The summed E-state index contributed by atoms with van der Waals surface area (Å²) in [4.78, 5) is 2.59. The molecule has 1 aromatic rings. The molecule has 1 heteroatoms. The van der Waals surface area contributed by atoms with E-state index in [4.69, 9.17) is 0 Å². The minimum Gasteiger partial charge on any atom is -0.375 e. The molecule has 1 heterocycles. The van der Waals surface area contributed by atoms with Crippen LogP contribution < -0.4 is 0 Å². The zero-order valence-corrected chi connectivity index (χ0v) is 9.78. The minimum absolute atomic E-state index is 1.15. The Balaban J connectivity index is 1.85. The highest BCUT2D eigenvalue weighted by Gasteiger charge is 2.17. The van der Waals surface area contributed by atoms with Crippen molar-refractivity contribution in [1.82, 2.24) is 4.90 Å². The monoisotopic (exact) mass is 213 g/mol. The average Bonchev–Trinajstić information content (AvgIpc) is 2.75. The van der Waals surface area contributed by atoms with Crippen LogP contribution in [0.25, 0.3) is 0 Å². The molecule has 1 aliphatic heterocycles. The van der Waals surface area contributed by atoms with E-state index in [-0.39, 0.29) is 0 Å². The quantitative estimate of drug-likeness (QED) is 0.692. The highest BCUT2D eigenvalue weighted by molar-refractivity contribution is 5.33. The summed E-state index contributed by atoms with van der Waals surface area (Å²) in [6.07, 6.45) is 8.79. The Morgan fingerprint density at radius 2 is 1.69 bits per heavy atom. The lowest BCUT2D eigenvalue weighted by molar-refractivity contribution is 0.415. The molecule has 1 aromatic carbocycles. The summed E-state index contributed by atoms with van der Waals surface area (Å²) in [6, 6.07) is 8.92. The second kappa shape index (κ2) is 4.32. The van der Waals surface area contributed by atoms with Gasteiger partial charge in [-0.05, 0) is 36.8 Å². The molecular formula is C15H19N. The van der Waals surface area contributed by atoms with Crippen LogP contribution in [0.3, 0.4) is 0 Å². The standard InChI is InChI=1S/C15H19N/c1-2-7-14-12-15(16-10-3-4-11-16)9-5-8-13(14)6-1/h1-2,6-7,9H,3-5,8,10-12H2. The Hall–Kier alpha value is -1.24. The molecule has 0 atom stereocenters. The predicted molar refractivity (Wildman–Crippen MR) is 67.4 cm³/mol. The first-order chi connectivity index (χ1) is 7.93. The van der Waals surface area contributed by atoms with E-state index in [1.807, 2.05) is 0 Å². The Kier molecular flexibility index (Phi) is 2.69. The van der Waals surface area contributed by atoms with Gasteiger partial charge in [-0.15, -0.1) is 0 Å². The lowest BCUT2D eigenvalue weighted by Crippen LogP contribution is -2.19. The molecule has 0 radical (unpaired) electrons. The second-order valence-corrected chi connectivity index (χ2v) is 4.87. The molecule has 0 bridgehead atoms. The average molecular weight is 213 g/mol. The number of hydrogen-bond acceptors (Lipinski definition) is 1. The van der Waals surface area contributed by atoms with Crippen LogP contribution in [0, 0.1) is 0 Å². The fraction of sp³-hybridized carbons (Fsp3) is 0.467. The van der Waals surface area contributed by atoms with Crippen molar-refractivity contribution in [2.24, 2.45) is 0 Å². The van der Waals surface area contributed by atoms with Crippen molar-refractivity contribution in [3.05, 3.63) is 47.2 Å². The third kappa shape index (κ3) is 1.87. The number of benzene rings is 1. The van der Waals surface area contributed by atoms with Crippen LogP contribution in [-0.2, 0) is 12.8 Å². The SMILES string of the molecule is C1=C(N2CCCC2)Cc2ccccc2CC1. The van der Waals surface area contributed by atoms with Crippen LogP contribution in [0.4, 0.5) is 0 Å². The first kappa shape index (κ1) is 9.95. The van der Waals surface area contributed by atoms with Crippen LogP contribution in [-0.4, -0.2) is 18.0 Å². The van der Waals surface area contributed by atoms with E-state index in [9.17, 15) is 0 Å². The maximum atomic E-state index is 2.59. The van der Waals surface area contributed by atoms with Gasteiger partial charge in [-0.25, -0.2) is 0 Å². The van der Waals surface area contributed by atoms with E-state index in [1.165, 1.54) is 44.3 Å². The third-order valence-electron chi connectivity index (χ3n) is 3.80. The van der Waals surface area contributed by atoms with E-state index >= 15 is 0 Å². The maximum Gasteiger partial charge on any atom is 0.0175 e. The van der Waals surface area contributed by atoms with Gasteiger partial charge in [-0.2, -0.15) is 0 Å². The van der Waals surface area contributed by atoms with Gasteiger partial charge in [0.2, 0.25) is 0 Å². The maximum absolute atomic E-state index is 2.59. The van der Waals surface area contributed by atoms with Crippen molar-refractivity contribution in [3.8, 4) is 0 Å². The number of aryl methyl sites for hydroxylation is 1. The van der Waals surface area contributed by atoms with E-state index in [2.05, 4.69) is 35.2 Å². The van der Waals surface area contributed by atoms with Gasteiger partial charge < -0.3 is 4.90 Å². The zero-order chi connectivity index (χ0) is 10.8. The van der Waals surface area contributed by atoms with Crippen molar-refractivity contribution in [3.63, 3.8) is 0 Å². The molecule has 0 aromatic heterocycles. The molecule has 0 saturated carbocycles. The lowest BCUT2D eigenvalue weighted by atomic mass is 10.0. The molecular weight excluding hydrogens is 194 g/mol. The van der Waals surface area contributed by atoms with Crippen LogP contribution in [0.2, 0.25) is 0 Å². The number of allylic oxidation sites excluding steroid dienone is 2. The van der Waals surface area contributed by atoms with Crippen LogP contribution in [0.5, 0.6) is 0 Å². The van der Waals surface area contributed by atoms with Gasteiger partial charge in [-0.1, -0.05) is 30.3 Å². The van der Waals surface area contributed by atoms with Gasteiger partial charge in [0.05, 0.1) is 0 Å². The van der Waals surface area contributed by atoms with Crippen molar-refractivity contribution in [2.75, 3.05) is 13.1 Å². The molecule has 1 fully saturated rings. The van der Waals surface area contributed by atoms with Crippen molar-refractivity contribution in [2.45, 2.75) is 32.1 Å². The molecule has 0 N–H and O–H groups in total. The smallest absolute Gasteiger partial charge is 0.0175 e. The Morgan fingerprint density at radius 3 is 2.50 bits per heavy atom. The number of nitrogens with zero attached hydrogens (tertiary/aromatic N) is 1. The zero-order valence-electron chi connectivity index (χ0n) is 9.78. The molecule has 0 amide bonds. The summed E-state index contributed by atoms with van der Waals surface area (Å²) in [5.74, 6) is 0. The molecule has 0 unspecified atom stereocenters. The third-order valence-corrected chi connectivity index (χ3v) is 3.80. The molecule has 1 nitrogen and oxygen atoms in total. The summed E-state index contributed by atoms with van der Waals surface area (Å²) in [6.45, 7) is 2.54. The first-order valence-electron chi connectivity index (χ1n) is 6.44. The fourth-order valence-electron chi connectivity index (χ4n) is 2.88. The summed E-state index contributed by atoms with van der Waals surface area (Å²) < 4.78 is 0. The largest absolute Gasteiger partial charge is 0.375 e. The number of fused-ring (bicyclic) bond motifs is 1. The fourth-order valence-corrected chi connectivity index (χ4v) is 2.88. The number of likely N-dealkylation sites (tertiary alicyclic amines) is 1. The van der Waals surface area contributed by atoms with E-state index < -0.39 is 0 Å². The summed E-state index contributed by atoms with van der Waals surface area (Å²) in [7, 11) is 0. The predicted octanol–water partition coefficient (Wildman–Crippen LogP) is 3.16. The highest BCUT2D eigenvalue weighted by atomic mass is 15.1. The molecule has 0 spiro atoms. The van der Waals surface area contributed by atoms with Gasteiger partial charge >= 0.3 is 0 Å². The van der Waals surface area contributed by atoms with Crippen LogP contribution in [0.1, 0.15) is 30.4 Å². The number of rotatable bonds is 1. The molecule has 1 aliphatic carbocycles. The van der Waals surface area contributed by atoms with Gasteiger partial charge in [0, 0.05) is 25.2 Å². The molecule has 84 valence electrons. The molecule has 16 heavy (non-hydrogen) atoms. The van der Waals surface area contributed by atoms with Crippen molar-refractivity contribution >= 4 is 0 Å². The number of hydrogen-bond donors (Lipinski definition) is 0. The molecule has 3 rings (SSSR count). The highest BCUT2D eigenvalue weighted by Crippen LogP contribution is 2.24. The second-order valence-electron chi connectivity index (χ2n) is 4.87. The Labute approximate surface area is 97.8 Å². The van der Waals surface area contributed by atoms with Gasteiger partial charge in [-0.3, -0.25) is 0 Å². The van der Waals surface area contributed by atoms with Gasteiger partial charge in [0.25, 0.3) is 0 Å². The van der Waals surface area contributed by atoms with E-state index in [0.717, 1.165) is 6.42 Å². The summed E-state index contributed by atoms with van der Waals surface area (Å²) in [5.41, 5.74) is 4.66. The van der Waals surface area contributed by atoms with E-state index in [0.29, 0.717) is 0 Å². The topological polar surface area (TPSA) is 3.24 Å². The summed E-state index contributed by atoms with van der Waals surface area (Å²) in [5, 5.41) is 0. The van der Waals surface area contributed by atoms with Gasteiger partial charge in [0.15, 0.2) is 0 Å². The normalized spacial score (nSPS) is 20.2. The van der Waals surface area contributed by atoms with Crippen LogP contribution >= 0.6 is 0 Å². The molecule has 1 saturated heterocycles.